The van der Waals surface area contributed by atoms with Gasteiger partial charge in [0.05, 0.1) is 5.39 Å². The van der Waals surface area contributed by atoms with Gasteiger partial charge in [-0.15, -0.1) is 0 Å². The molecule has 0 unspecified atom stereocenters. The van der Waals surface area contributed by atoms with Crippen molar-refractivity contribution in [3.63, 3.8) is 0 Å². The van der Waals surface area contributed by atoms with Gasteiger partial charge in [-0.3, -0.25) is 0 Å². The summed E-state index contributed by atoms with van der Waals surface area (Å²) in [7, 11) is 0. The molecule has 0 fully saturated rings. The smallest absolute Gasteiger partial charge is 0.0616 e. The summed E-state index contributed by atoms with van der Waals surface area (Å²) in [5.41, 5.74) is 11.1. The van der Waals surface area contributed by atoms with Crippen LogP contribution in [0.2, 0.25) is 0 Å². The zero-order chi connectivity index (χ0) is 21.0. The molecule has 0 bridgehead atoms. The lowest BCUT2D eigenvalue weighted by molar-refractivity contribution is 1.08. The maximum atomic E-state index is 3.73. The first-order chi connectivity index (χ1) is 14.5. The third kappa shape index (κ3) is 2.73. The van der Waals surface area contributed by atoms with Crippen LogP contribution in [0.15, 0.2) is 66.7 Å². The molecule has 0 radical (unpaired) electrons. The molecular weight excluding hydrogens is 364 g/mol. The summed E-state index contributed by atoms with van der Waals surface area (Å²) in [4.78, 5) is 0. The molecule has 0 saturated carbocycles. The fourth-order valence-electron chi connectivity index (χ4n) is 4.88. The van der Waals surface area contributed by atoms with Crippen molar-refractivity contribution in [1.29, 1.82) is 0 Å². The van der Waals surface area contributed by atoms with E-state index in [1.165, 1.54) is 61.3 Å². The Morgan fingerprint density at radius 1 is 0.567 bits per heavy atom. The van der Waals surface area contributed by atoms with E-state index in [9.17, 15) is 0 Å². The van der Waals surface area contributed by atoms with Crippen LogP contribution in [-0.2, 0) is 0 Å². The summed E-state index contributed by atoms with van der Waals surface area (Å²) in [6.07, 6.45) is 0. The van der Waals surface area contributed by atoms with E-state index in [0.717, 1.165) is 0 Å². The van der Waals surface area contributed by atoms with Crippen molar-refractivity contribution in [2.24, 2.45) is 0 Å². The molecule has 1 aliphatic heterocycles. The predicted octanol–water partition coefficient (Wildman–Crippen LogP) is 7.24. The van der Waals surface area contributed by atoms with Crippen LogP contribution in [0.5, 0.6) is 0 Å². The molecule has 0 aliphatic carbocycles. The SMILES string of the molecule is Cc1cc(C)c([N+]2=C=[N+](c3c(C)cccc3C)c3c2ccc2ccccc32)c(C)c1. The molecule has 0 saturated heterocycles. The van der Waals surface area contributed by atoms with E-state index < -0.39 is 0 Å². The number of aryl methyl sites for hydroxylation is 5. The summed E-state index contributed by atoms with van der Waals surface area (Å²) in [6, 6.07) is 27.8. The second-order valence-corrected chi connectivity index (χ2v) is 8.41. The summed E-state index contributed by atoms with van der Waals surface area (Å²) in [6.45, 7) is 10.9. The molecule has 0 N–H and O–H groups in total. The lowest BCUT2D eigenvalue weighted by atomic mass is 10.0. The molecule has 0 atom stereocenters. The first-order valence-corrected chi connectivity index (χ1v) is 10.5. The number of fused-ring (bicyclic) bond motifs is 3. The number of para-hydroxylation sites is 1. The molecule has 1 heterocycles. The van der Waals surface area contributed by atoms with Crippen LogP contribution >= 0.6 is 0 Å². The number of benzene rings is 4. The first-order valence-electron chi connectivity index (χ1n) is 10.5. The fourth-order valence-corrected chi connectivity index (χ4v) is 4.88. The van der Waals surface area contributed by atoms with Crippen LogP contribution in [0.4, 0.5) is 22.7 Å². The molecule has 4 aromatic rings. The van der Waals surface area contributed by atoms with Gasteiger partial charge in [0.1, 0.15) is 0 Å². The van der Waals surface area contributed by atoms with Gasteiger partial charge in [-0.25, -0.2) is 0 Å². The number of nitrogens with zero attached hydrogens (tertiary/aromatic N) is 2. The second kappa shape index (κ2) is 6.79. The molecule has 1 aliphatic rings. The van der Waals surface area contributed by atoms with Crippen LogP contribution in [-0.4, -0.2) is 6.01 Å². The molecule has 2 nitrogen and oxygen atoms in total. The van der Waals surface area contributed by atoms with Crippen molar-refractivity contribution in [3.05, 3.63) is 94.5 Å². The van der Waals surface area contributed by atoms with E-state index in [0.29, 0.717) is 0 Å². The van der Waals surface area contributed by atoms with Gasteiger partial charge in [-0.1, -0.05) is 42.0 Å². The Balaban J connectivity index is 1.93. The van der Waals surface area contributed by atoms with Gasteiger partial charge < -0.3 is 0 Å². The molecule has 4 aromatic carbocycles. The molecule has 0 aromatic heterocycles. The maximum absolute atomic E-state index is 3.73. The van der Waals surface area contributed by atoms with Gasteiger partial charge in [0, 0.05) is 28.3 Å². The topological polar surface area (TPSA) is 6.02 Å². The molecule has 30 heavy (non-hydrogen) atoms. The van der Waals surface area contributed by atoms with Crippen molar-refractivity contribution >= 4 is 39.5 Å². The molecular formula is C28H26N2+2. The lowest BCUT2D eigenvalue weighted by Crippen LogP contribution is -2.05. The number of hydrogen-bond acceptors (Lipinski definition) is 0. The van der Waals surface area contributed by atoms with Crippen LogP contribution < -0.4 is 9.15 Å². The second-order valence-electron chi connectivity index (χ2n) is 8.41. The van der Waals surface area contributed by atoms with E-state index in [1.807, 2.05) is 0 Å². The Labute approximate surface area is 178 Å². The molecule has 146 valence electrons. The van der Waals surface area contributed by atoms with Crippen molar-refractivity contribution in [1.82, 2.24) is 9.15 Å². The Morgan fingerprint density at radius 3 is 1.90 bits per heavy atom. The Bertz CT molecular complexity index is 1370. The highest BCUT2D eigenvalue weighted by molar-refractivity contribution is 6.03. The van der Waals surface area contributed by atoms with Crippen LogP contribution in [0.3, 0.4) is 0 Å². The maximum Gasteiger partial charge on any atom is 0.503 e. The minimum atomic E-state index is 1.17. The van der Waals surface area contributed by atoms with E-state index >= 15 is 0 Å². The van der Waals surface area contributed by atoms with E-state index in [4.69, 9.17) is 0 Å². The Kier molecular flexibility index (Phi) is 4.20. The van der Waals surface area contributed by atoms with E-state index in [1.54, 1.807) is 0 Å². The molecule has 5 rings (SSSR count). The van der Waals surface area contributed by atoms with Gasteiger partial charge in [-0.05, 0) is 73.4 Å². The number of hydrogen-bond donors (Lipinski definition) is 0. The zero-order valence-electron chi connectivity index (χ0n) is 18.2. The minimum absolute atomic E-state index is 1.17. The standard InChI is InChI=1S/C28H26N2/c1-18-15-21(4)27(22(5)16-18)29-17-30(26-19(2)9-8-10-20(26)3)28-24-12-7-6-11-23(24)13-14-25(28)29/h6-16H,1-5H3/q+2. The molecule has 0 amide bonds. The van der Waals surface area contributed by atoms with Gasteiger partial charge >= 0.3 is 11.7 Å². The summed E-state index contributed by atoms with van der Waals surface area (Å²) in [5, 5.41) is 2.49. The van der Waals surface area contributed by atoms with Crippen molar-refractivity contribution in [2.75, 3.05) is 0 Å². The molecule has 2 heteroatoms. The summed E-state index contributed by atoms with van der Waals surface area (Å²) in [5.74, 6) is 0. The van der Waals surface area contributed by atoms with Crippen molar-refractivity contribution in [2.45, 2.75) is 34.6 Å². The van der Waals surface area contributed by atoms with Crippen LogP contribution in [0.1, 0.15) is 27.8 Å². The highest BCUT2D eigenvalue weighted by atomic mass is 15.2. The zero-order valence-corrected chi connectivity index (χ0v) is 18.2. The quantitative estimate of drug-likeness (QED) is 0.280. The highest BCUT2D eigenvalue weighted by Crippen LogP contribution is 2.43. The number of rotatable bonds is 2. The summed E-state index contributed by atoms with van der Waals surface area (Å²) < 4.78 is 4.51. The Morgan fingerprint density at radius 2 is 1.20 bits per heavy atom. The largest absolute Gasteiger partial charge is 0.503 e. The first kappa shape index (κ1) is 18.5. The normalized spacial score (nSPS) is 12.7. The Hall–Kier alpha value is -3.48. The fraction of sp³-hybridized carbons (Fsp3) is 0.179. The van der Waals surface area contributed by atoms with Gasteiger partial charge in [0.15, 0.2) is 0 Å². The van der Waals surface area contributed by atoms with Gasteiger partial charge in [0.2, 0.25) is 11.4 Å². The van der Waals surface area contributed by atoms with Crippen molar-refractivity contribution < 1.29 is 0 Å². The third-order valence-electron chi connectivity index (χ3n) is 6.07. The van der Waals surface area contributed by atoms with Crippen molar-refractivity contribution in [3.8, 4) is 0 Å². The highest BCUT2D eigenvalue weighted by Gasteiger charge is 2.40. The predicted molar refractivity (Wildman–Crippen MR) is 128 cm³/mol. The third-order valence-corrected chi connectivity index (χ3v) is 6.07. The van der Waals surface area contributed by atoms with Crippen LogP contribution in [0.25, 0.3) is 10.8 Å². The molecule has 0 spiro atoms. The average Bonchev–Trinajstić information content (AvgIpc) is 3.06. The van der Waals surface area contributed by atoms with Gasteiger partial charge in [0.25, 0.3) is 5.69 Å². The van der Waals surface area contributed by atoms with E-state index in [-0.39, 0.29) is 0 Å². The average molecular weight is 391 g/mol. The minimum Gasteiger partial charge on any atom is -0.0616 e. The lowest BCUT2D eigenvalue weighted by Gasteiger charge is -2.06. The monoisotopic (exact) mass is 390 g/mol. The van der Waals surface area contributed by atoms with E-state index in [2.05, 4.69) is 117 Å². The van der Waals surface area contributed by atoms with Crippen LogP contribution in [0, 0.1) is 34.6 Å². The van der Waals surface area contributed by atoms with Gasteiger partial charge in [-0.2, -0.15) is 0 Å². The summed E-state index contributed by atoms with van der Waals surface area (Å²) >= 11 is 0.